The van der Waals surface area contributed by atoms with Gasteiger partial charge in [0.2, 0.25) is 0 Å². The third kappa shape index (κ3) is 1.23. The highest BCUT2D eigenvalue weighted by atomic mass is 79.9. The molecule has 2 bridgehead atoms. The molecular formula is C16H17BrN2. The Hall–Kier alpha value is -0.960. The van der Waals surface area contributed by atoms with Gasteiger partial charge in [0.05, 0.1) is 22.4 Å². The van der Waals surface area contributed by atoms with Crippen LogP contribution in [-0.2, 0) is 5.41 Å². The maximum absolute atomic E-state index is 4.97. The summed E-state index contributed by atoms with van der Waals surface area (Å²) in [6.07, 6.45) is 2.48. The summed E-state index contributed by atoms with van der Waals surface area (Å²) in [5.41, 5.74) is 5.01. The van der Waals surface area contributed by atoms with Gasteiger partial charge in [-0.05, 0) is 30.4 Å². The van der Waals surface area contributed by atoms with Gasteiger partial charge in [0, 0.05) is 16.7 Å². The quantitative estimate of drug-likeness (QED) is 0.738. The Balaban J connectivity index is 2.05. The number of benzene rings is 1. The third-order valence-corrected chi connectivity index (χ3v) is 6.86. The van der Waals surface area contributed by atoms with Gasteiger partial charge in [-0.15, -0.1) is 0 Å². The van der Waals surface area contributed by atoms with Crippen molar-refractivity contribution >= 4 is 27.0 Å². The molecule has 1 aromatic heterocycles. The lowest BCUT2D eigenvalue weighted by atomic mass is 9.70. The number of fused-ring (bicyclic) bond motifs is 6. The zero-order valence-electron chi connectivity index (χ0n) is 11.3. The molecule has 2 aromatic rings. The van der Waals surface area contributed by atoms with Crippen LogP contribution in [0.1, 0.15) is 44.0 Å². The molecule has 19 heavy (non-hydrogen) atoms. The molecule has 0 radical (unpaired) electrons. The minimum atomic E-state index is 0.174. The number of hydrogen-bond acceptors (Lipinski definition) is 2. The van der Waals surface area contributed by atoms with Crippen LogP contribution in [0.5, 0.6) is 0 Å². The number of rotatable bonds is 1. The largest absolute Gasteiger partial charge is 0.249 e. The summed E-state index contributed by atoms with van der Waals surface area (Å²) in [5.74, 6) is 0.559. The van der Waals surface area contributed by atoms with E-state index in [4.69, 9.17) is 9.97 Å². The Morgan fingerprint density at radius 2 is 1.89 bits per heavy atom. The van der Waals surface area contributed by atoms with Gasteiger partial charge < -0.3 is 0 Å². The monoisotopic (exact) mass is 316 g/mol. The lowest BCUT2D eigenvalue weighted by Gasteiger charge is -2.36. The highest BCUT2D eigenvalue weighted by Gasteiger charge is 2.63. The number of alkyl halides is 1. The number of aromatic nitrogens is 2. The molecule has 1 heterocycles. The van der Waals surface area contributed by atoms with Crippen LogP contribution in [0.25, 0.3) is 11.0 Å². The fraction of sp³-hybridized carbons (Fsp3) is 0.500. The van der Waals surface area contributed by atoms with Crippen molar-refractivity contribution in [1.29, 1.82) is 0 Å². The zero-order valence-corrected chi connectivity index (χ0v) is 12.9. The molecule has 1 aromatic carbocycles. The van der Waals surface area contributed by atoms with Crippen molar-refractivity contribution in [1.82, 2.24) is 9.97 Å². The average molecular weight is 317 g/mol. The first-order valence-corrected chi connectivity index (χ1v) is 8.05. The third-order valence-electron chi connectivity index (χ3n) is 5.69. The van der Waals surface area contributed by atoms with E-state index in [1.165, 1.54) is 24.2 Å². The smallest absolute Gasteiger partial charge is 0.0890 e. The minimum Gasteiger partial charge on any atom is -0.249 e. The van der Waals surface area contributed by atoms with E-state index in [-0.39, 0.29) is 10.8 Å². The molecule has 98 valence electrons. The molecule has 4 rings (SSSR count). The highest BCUT2D eigenvalue weighted by Crippen LogP contribution is 2.67. The summed E-state index contributed by atoms with van der Waals surface area (Å²) in [7, 11) is 0. The van der Waals surface area contributed by atoms with Crippen LogP contribution in [0.4, 0.5) is 0 Å². The first-order chi connectivity index (χ1) is 9.10. The lowest BCUT2D eigenvalue weighted by Crippen LogP contribution is -2.36. The fourth-order valence-corrected chi connectivity index (χ4v) is 5.16. The van der Waals surface area contributed by atoms with Gasteiger partial charge in [0.25, 0.3) is 0 Å². The summed E-state index contributed by atoms with van der Waals surface area (Å²) >= 11 is 3.75. The number of para-hydroxylation sites is 2. The summed E-state index contributed by atoms with van der Waals surface area (Å²) in [6.45, 7) is 4.77. The van der Waals surface area contributed by atoms with Crippen LogP contribution in [0.15, 0.2) is 24.3 Å². The van der Waals surface area contributed by atoms with Gasteiger partial charge in [-0.1, -0.05) is 41.9 Å². The topological polar surface area (TPSA) is 25.8 Å². The van der Waals surface area contributed by atoms with Crippen LogP contribution in [0, 0.1) is 5.41 Å². The predicted octanol–water partition coefficient (Wildman–Crippen LogP) is 4.18. The van der Waals surface area contributed by atoms with Crippen molar-refractivity contribution < 1.29 is 0 Å². The molecule has 2 aliphatic rings. The molecule has 0 N–H and O–H groups in total. The minimum absolute atomic E-state index is 0.174. The van der Waals surface area contributed by atoms with Crippen LogP contribution in [0.3, 0.4) is 0 Å². The Morgan fingerprint density at radius 1 is 1.21 bits per heavy atom. The Morgan fingerprint density at radius 3 is 2.58 bits per heavy atom. The normalized spacial score (nSPS) is 35.8. The molecule has 1 saturated carbocycles. The van der Waals surface area contributed by atoms with Crippen molar-refractivity contribution in [2.75, 3.05) is 5.33 Å². The Kier molecular flexibility index (Phi) is 2.22. The van der Waals surface area contributed by atoms with E-state index >= 15 is 0 Å². The fourth-order valence-electron chi connectivity index (χ4n) is 4.15. The molecule has 0 amide bonds. The van der Waals surface area contributed by atoms with E-state index in [1.54, 1.807) is 0 Å². The van der Waals surface area contributed by atoms with Gasteiger partial charge in [-0.3, -0.25) is 0 Å². The standard InChI is InChI=1S/C16H17BrN2/c1-15-8-7-10(16(15,2)9-17)13-14(15)19-12-6-4-3-5-11(12)18-13/h3-6,10H,7-9H2,1-2H3/t10-,15-,16-/m1/s1. The van der Waals surface area contributed by atoms with E-state index in [1.807, 2.05) is 12.1 Å². The number of nitrogens with zero attached hydrogens (tertiary/aromatic N) is 2. The summed E-state index contributed by atoms with van der Waals surface area (Å²) in [5, 5.41) is 1.02. The van der Waals surface area contributed by atoms with Crippen LogP contribution < -0.4 is 0 Å². The van der Waals surface area contributed by atoms with Gasteiger partial charge in [-0.2, -0.15) is 0 Å². The predicted molar refractivity (Wildman–Crippen MR) is 80.8 cm³/mol. The average Bonchev–Trinajstić information content (AvgIpc) is 2.80. The van der Waals surface area contributed by atoms with E-state index in [9.17, 15) is 0 Å². The maximum Gasteiger partial charge on any atom is 0.0890 e. The van der Waals surface area contributed by atoms with Crippen molar-refractivity contribution in [2.24, 2.45) is 5.41 Å². The summed E-state index contributed by atoms with van der Waals surface area (Å²) < 4.78 is 0. The van der Waals surface area contributed by atoms with Gasteiger partial charge in [0.15, 0.2) is 0 Å². The second-order valence-corrected chi connectivity index (χ2v) is 6.98. The molecule has 3 atom stereocenters. The lowest BCUT2D eigenvalue weighted by molar-refractivity contribution is 0.236. The molecule has 3 heteroatoms. The van der Waals surface area contributed by atoms with E-state index in [2.05, 4.69) is 41.9 Å². The Bertz CT molecular complexity index is 684. The first kappa shape index (κ1) is 11.8. The molecule has 0 aliphatic heterocycles. The van der Waals surface area contributed by atoms with Crippen LogP contribution in [-0.4, -0.2) is 15.3 Å². The second kappa shape index (κ2) is 3.57. The summed E-state index contributed by atoms with van der Waals surface area (Å²) in [6, 6.07) is 8.23. The number of hydrogen-bond donors (Lipinski definition) is 0. The van der Waals surface area contributed by atoms with Crippen molar-refractivity contribution in [3.8, 4) is 0 Å². The van der Waals surface area contributed by atoms with Gasteiger partial charge >= 0.3 is 0 Å². The van der Waals surface area contributed by atoms with Crippen molar-refractivity contribution in [3.63, 3.8) is 0 Å². The van der Waals surface area contributed by atoms with E-state index in [0.29, 0.717) is 5.92 Å². The zero-order chi connectivity index (χ0) is 13.3. The first-order valence-electron chi connectivity index (χ1n) is 6.93. The van der Waals surface area contributed by atoms with Crippen LogP contribution in [0.2, 0.25) is 0 Å². The van der Waals surface area contributed by atoms with Crippen LogP contribution >= 0.6 is 15.9 Å². The highest BCUT2D eigenvalue weighted by molar-refractivity contribution is 9.09. The Labute approximate surface area is 121 Å². The van der Waals surface area contributed by atoms with Gasteiger partial charge in [0.1, 0.15) is 0 Å². The molecule has 1 fully saturated rings. The van der Waals surface area contributed by atoms with E-state index < -0.39 is 0 Å². The molecule has 2 nitrogen and oxygen atoms in total. The second-order valence-electron chi connectivity index (χ2n) is 6.42. The maximum atomic E-state index is 4.97. The van der Waals surface area contributed by atoms with E-state index in [0.717, 1.165) is 16.4 Å². The molecule has 2 aliphatic carbocycles. The van der Waals surface area contributed by atoms with Crippen molar-refractivity contribution in [2.45, 2.75) is 38.0 Å². The van der Waals surface area contributed by atoms with Crippen molar-refractivity contribution in [3.05, 3.63) is 35.7 Å². The molecular weight excluding hydrogens is 300 g/mol. The summed E-state index contributed by atoms with van der Waals surface area (Å²) in [4.78, 5) is 9.91. The van der Waals surface area contributed by atoms with Gasteiger partial charge in [-0.25, -0.2) is 9.97 Å². The molecule has 0 spiro atoms. The molecule has 0 unspecified atom stereocenters. The molecule has 0 saturated heterocycles. The number of halogens is 1. The SMILES string of the molecule is C[C@@]12CC[C@H](c3nc4ccccc4nc31)[C@@]2(C)CBr.